The van der Waals surface area contributed by atoms with Gasteiger partial charge in [0.2, 0.25) is 0 Å². The third kappa shape index (κ3) is 1.53. The molecule has 0 amide bonds. The zero-order valence-electron chi connectivity index (χ0n) is 12.2. The lowest BCUT2D eigenvalue weighted by atomic mass is 9.95. The SMILES string of the molecule is CCOC(=O)[C@]12c3[nH]c4ccccc4c3CCN1C2SC. The molecule has 2 aliphatic rings. The molecule has 21 heavy (non-hydrogen) atoms. The quantitative estimate of drug-likeness (QED) is 0.699. The maximum absolute atomic E-state index is 12.7. The highest BCUT2D eigenvalue weighted by Crippen LogP contribution is 2.58. The highest BCUT2D eigenvalue weighted by atomic mass is 32.2. The van der Waals surface area contributed by atoms with E-state index in [4.69, 9.17) is 4.74 Å². The van der Waals surface area contributed by atoms with Crippen molar-refractivity contribution in [2.75, 3.05) is 19.4 Å². The number of benzene rings is 1. The van der Waals surface area contributed by atoms with Crippen LogP contribution in [0.3, 0.4) is 0 Å². The fraction of sp³-hybridized carbons (Fsp3) is 0.438. The number of aromatic amines is 1. The van der Waals surface area contributed by atoms with Gasteiger partial charge in [-0.2, -0.15) is 0 Å². The molecule has 1 fully saturated rings. The second-order valence-corrected chi connectivity index (χ2v) is 6.46. The molecule has 0 radical (unpaired) electrons. The number of hydrogen-bond acceptors (Lipinski definition) is 4. The third-order valence-corrected chi connectivity index (χ3v) is 5.68. The van der Waals surface area contributed by atoms with Gasteiger partial charge in [-0.3, -0.25) is 4.90 Å². The van der Waals surface area contributed by atoms with Gasteiger partial charge in [-0.05, 0) is 31.2 Å². The maximum atomic E-state index is 12.7. The van der Waals surface area contributed by atoms with Gasteiger partial charge in [0.05, 0.1) is 17.7 Å². The fourth-order valence-corrected chi connectivity index (χ4v) is 4.91. The Bertz CT molecular complexity index is 720. The van der Waals surface area contributed by atoms with E-state index in [9.17, 15) is 4.79 Å². The number of para-hydroxylation sites is 1. The number of nitrogens with zero attached hydrogens (tertiary/aromatic N) is 1. The van der Waals surface area contributed by atoms with Crippen LogP contribution in [0.25, 0.3) is 10.9 Å². The van der Waals surface area contributed by atoms with Crippen LogP contribution in [-0.4, -0.2) is 40.6 Å². The van der Waals surface area contributed by atoms with Crippen molar-refractivity contribution < 1.29 is 9.53 Å². The molecule has 4 rings (SSSR count). The molecule has 0 saturated carbocycles. The van der Waals surface area contributed by atoms with E-state index < -0.39 is 5.54 Å². The largest absolute Gasteiger partial charge is 0.464 e. The molecule has 3 heterocycles. The summed E-state index contributed by atoms with van der Waals surface area (Å²) in [7, 11) is 0. The summed E-state index contributed by atoms with van der Waals surface area (Å²) < 4.78 is 5.40. The Morgan fingerprint density at radius 3 is 3.10 bits per heavy atom. The maximum Gasteiger partial charge on any atom is 0.335 e. The van der Waals surface area contributed by atoms with E-state index >= 15 is 0 Å². The molecule has 2 aromatic rings. The Balaban J connectivity index is 1.92. The average Bonchev–Trinajstić information content (AvgIpc) is 3.04. The Morgan fingerprint density at radius 2 is 2.33 bits per heavy atom. The molecule has 1 saturated heterocycles. The average molecular weight is 302 g/mol. The van der Waals surface area contributed by atoms with Crippen molar-refractivity contribution in [1.29, 1.82) is 0 Å². The first kappa shape index (κ1) is 13.2. The number of thioether (sulfide) groups is 1. The molecule has 2 unspecified atom stereocenters. The number of fused-ring (bicyclic) bond motifs is 5. The van der Waals surface area contributed by atoms with E-state index in [1.54, 1.807) is 11.8 Å². The van der Waals surface area contributed by atoms with Crippen LogP contribution in [0.2, 0.25) is 0 Å². The topological polar surface area (TPSA) is 45.1 Å². The molecule has 5 heteroatoms. The minimum absolute atomic E-state index is 0.114. The van der Waals surface area contributed by atoms with Crippen molar-refractivity contribution in [3.8, 4) is 0 Å². The zero-order valence-corrected chi connectivity index (χ0v) is 13.0. The molecular formula is C16H18N2O2S. The molecule has 1 aromatic carbocycles. The summed E-state index contributed by atoms with van der Waals surface area (Å²) >= 11 is 1.73. The van der Waals surface area contributed by atoms with E-state index in [0.29, 0.717) is 6.61 Å². The van der Waals surface area contributed by atoms with Gasteiger partial charge >= 0.3 is 5.97 Å². The van der Waals surface area contributed by atoms with Gasteiger partial charge in [-0.15, -0.1) is 11.8 Å². The van der Waals surface area contributed by atoms with Crippen molar-refractivity contribution in [1.82, 2.24) is 9.88 Å². The number of hydrogen-bond donors (Lipinski definition) is 1. The summed E-state index contributed by atoms with van der Waals surface area (Å²) in [5.74, 6) is -0.114. The van der Waals surface area contributed by atoms with E-state index in [1.807, 2.05) is 13.0 Å². The van der Waals surface area contributed by atoms with Gasteiger partial charge in [-0.25, -0.2) is 4.79 Å². The molecule has 1 N–H and O–H groups in total. The summed E-state index contributed by atoms with van der Waals surface area (Å²) in [6, 6.07) is 8.29. The van der Waals surface area contributed by atoms with Crippen molar-refractivity contribution in [2.45, 2.75) is 24.3 Å². The Hall–Kier alpha value is -1.46. The monoisotopic (exact) mass is 302 g/mol. The first-order valence-electron chi connectivity index (χ1n) is 7.32. The van der Waals surface area contributed by atoms with E-state index in [1.165, 1.54) is 10.9 Å². The first-order chi connectivity index (χ1) is 10.2. The van der Waals surface area contributed by atoms with Crippen LogP contribution in [0.15, 0.2) is 24.3 Å². The molecule has 3 atom stereocenters. The summed E-state index contributed by atoms with van der Waals surface area (Å²) in [4.78, 5) is 18.4. The zero-order chi connectivity index (χ0) is 14.6. The lowest BCUT2D eigenvalue weighted by molar-refractivity contribution is -0.148. The number of carbonyl (C=O) groups excluding carboxylic acids is 1. The molecule has 110 valence electrons. The Kier molecular flexibility index (Phi) is 2.84. The van der Waals surface area contributed by atoms with Gasteiger partial charge in [0.25, 0.3) is 0 Å². The smallest absolute Gasteiger partial charge is 0.335 e. The van der Waals surface area contributed by atoms with Gasteiger partial charge < -0.3 is 9.72 Å². The van der Waals surface area contributed by atoms with Crippen LogP contribution in [0.1, 0.15) is 18.2 Å². The Labute approximate surface area is 127 Å². The van der Waals surface area contributed by atoms with Gasteiger partial charge in [-0.1, -0.05) is 18.2 Å². The molecule has 0 bridgehead atoms. The molecule has 0 spiro atoms. The molecule has 0 aliphatic carbocycles. The number of ether oxygens (including phenoxy) is 1. The standard InChI is InChI=1S/C16H18N2O2S/c1-3-20-15(19)16-13-11(8-9-18(16)14(16)21-2)10-6-4-5-7-12(10)17-13/h4-7,14,17H,3,8-9H2,1-2H3/t14?,16-,18?/m1/s1. The fourth-order valence-electron chi connectivity index (χ4n) is 3.75. The third-order valence-electron chi connectivity index (χ3n) is 4.63. The van der Waals surface area contributed by atoms with Crippen molar-refractivity contribution in [3.05, 3.63) is 35.5 Å². The lowest BCUT2D eigenvalue weighted by Crippen LogP contribution is -2.35. The number of esters is 1. The van der Waals surface area contributed by atoms with Crippen molar-refractivity contribution in [2.24, 2.45) is 0 Å². The summed E-state index contributed by atoms with van der Waals surface area (Å²) in [6.45, 7) is 3.20. The molecule has 2 aliphatic heterocycles. The number of rotatable bonds is 3. The molecular weight excluding hydrogens is 284 g/mol. The van der Waals surface area contributed by atoms with Gasteiger partial charge in [0.15, 0.2) is 5.54 Å². The van der Waals surface area contributed by atoms with Crippen LogP contribution >= 0.6 is 11.8 Å². The normalized spacial score (nSPS) is 29.8. The predicted octanol–water partition coefficient (Wildman–Crippen LogP) is 2.49. The summed E-state index contributed by atoms with van der Waals surface area (Å²) in [5, 5.41) is 1.42. The highest BCUT2D eigenvalue weighted by Gasteiger charge is 2.72. The van der Waals surface area contributed by atoms with Crippen LogP contribution < -0.4 is 0 Å². The van der Waals surface area contributed by atoms with Gasteiger partial charge in [0, 0.05) is 17.4 Å². The number of H-pyrrole nitrogens is 1. The van der Waals surface area contributed by atoms with Crippen molar-refractivity contribution >= 4 is 28.6 Å². The second kappa shape index (κ2) is 4.52. The van der Waals surface area contributed by atoms with Crippen LogP contribution in [-0.2, 0) is 21.5 Å². The van der Waals surface area contributed by atoms with Crippen LogP contribution in [0.4, 0.5) is 0 Å². The minimum atomic E-state index is -0.595. The number of aromatic nitrogens is 1. The minimum Gasteiger partial charge on any atom is -0.464 e. The number of carbonyl (C=O) groups is 1. The first-order valence-corrected chi connectivity index (χ1v) is 8.60. The molecule has 4 nitrogen and oxygen atoms in total. The Morgan fingerprint density at radius 1 is 1.52 bits per heavy atom. The highest BCUT2D eigenvalue weighted by molar-refractivity contribution is 7.99. The summed E-state index contributed by atoms with van der Waals surface area (Å²) in [5.41, 5.74) is 2.85. The van der Waals surface area contributed by atoms with E-state index in [-0.39, 0.29) is 11.3 Å². The lowest BCUT2D eigenvalue weighted by Gasteiger charge is -2.21. The van der Waals surface area contributed by atoms with E-state index in [2.05, 4.69) is 34.3 Å². The molecule has 1 aromatic heterocycles. The van der Waals surface area contributed by atoms with Crippen LogP contribution in [0.5, 0.6) is 0 Å². The summed E-state index contributed by atoms with van der Waals surface area (Å²) in [6.07, 6.45) is 3.05. The second-order valence-electron chi connectivity index (χ2n) is 5.54. The van der Waals surface area contributed by atoms with E-state index in [0.717, 1.165) is 24.2 Å². The van der Waals surface area contributed by atoms with Gasteiger partial charge in [0.1, 0.15) is 0 Å². The number of nitrogens with one attached hydrogen (secondary N) is 1. The van der Waals surface area contributed by atoms with Crippen molar-refractivity contribution in [3.63, 3.8) is 0 Å². The van der Waals surface area contributed by atoms with Crippen LogP contribution in [0, 0.1) is 0 Å². The predicted molar refractivity (Wildman–Crippen MR) is 84.3 cm³/mol.